The molecule has 66 heavy (non-hydrogen) atoms. The molecule has 350 valence electrons. The number of anilines is 2. The first kappa shape index (κ1) is 49.6. The van der Waals surface area contributed by atoms with E-state index in [1.807, 2.05) is 89.2 Å². The van der Waals surface area contributed by atoms with Gasteiger partial charge in [-0.15, -0.1) is 0 Å². The van der Waals surface area contributed by atoms with E-state index in [4.69, 9.17) is 42.4 Å². The lowest BCUT2D eigenvalue weighted by Crippen LogP contribution is -2.58. The average Bonchev–Trinajstić information content (AvgIpc) is 4.05. The highest BCUT2D eigenvalue weighted by Gasteiger charge is 2.50. The molecule has 2 fully saturated rings. The number of oxazole rings is 1. The first-order valence-corrected chi connectivity index (χ1v) is 23.0. The van der Waals surface area contributed by atoms with Gasteiger partial charge in [-0.3, -0.25) is 24.1 Å². The monoisotopic (exact) mass is 939 g/mol. The number of thiocarbonyl (C=S) groups is 1. The second-order valence-corrected chi connectivity index (χ2v) is 18.6. The number of nitriles is 1. The largest absolute Gasteiger partial charge is 0.494 e. The number of hydrogen-bond acceptors (Lipinski definition) is 11. The van der Waals surface area contributed by atoms with Crippen LogP contribution in [0.1, 0.15) is 84.3 Å². The fourth-order valence-corrected chi connectivity index (χ4v) is 8.60. The number of amides is 4. The Morgan fingerprint density at radius 1 is 0.970 bits per heavy atom. The number of halogens is 1. The minimum absolute atomic E-state index is 0.195. The van der Waals surface area contributed by atoms with E-state index >= 15 is 0 Å². The Hall–Kier alpha value is -5.86. The summed E-state index contributed by atoms with van der Waals surface area (Å²) in [6.07, 6.45) is 7.49. The van der Waals surface area contributed by atoms with Gasteiger partial charge in [0.05, 0.1) is 29.1 Å². The van der Waals surface area contributed by atoms with Crippen LogP contribution in [0.25, 0.3) is 11.3 Å². The molecule has 2 N–H and O–H groups in total. The molecule has 1 aromatic heterocycles. The zero-order valence-corrected chi connectivity index (χ0v) is 39.7. The van der Waals surface area contributed by atoms with E-state index in [-0.39, 0.29) is 29.4 Å². The summed E-state index contributed by atoms with van der Waals surface area (Å²) in [4.78, 5) is 62.4. The maximum Gasteiger partial charge on any atom is 0.259 e. The predicted octanol–water partition coefficient (Wildman–Crippen LogP) is 7.59. The molecular weight excluding hydrogens is 882 g/mol. The smallest absolute Gasteiger partial charge is 0.259 e. The minimum atomic E-state index is -0.955. The lowest BCUT2D eigenvalue weighted by Gasteiger charge is -2.35. The number of unbranched alkanes of at least 4 members (excludes halogenated alkanes) is 2. The van der Waals surface area contributed by atoms with Gasteiger partial charge in [0, 0.05) is 44.2 Å². The molecule has 3 heterocycles. The highest BCUT2D eigenvalue weighted by molar-refractivity contribution is 7.81. The Balaban J connectivity index is 0.828. The number of nitrogens with one attached hydrogen (secondary N) is 2. The minimum Gasteiger partial charge on any atom is -0.494 e. The van der Waals surface area contributed by atoms with Gasteiger partial charge in [-0.05, 0) is 118 Å². The fourth-order valence-electron chi connectivity index (χ4n) is 7.86. The number of aromatic nitrogens is 1. The van der Waals surface area contributed by atoms with Crippen molar-refractivity contribution in [3.8, 4) is 23.1 Å². The zero-order chi connectivity index (χ0) is 47.4. The van der Waals surface area contributed by atoms with Gasteiger partial charge in [-0.2, -0.15) is 5.26 Å². The van der Waals surface area contributed by atoms with Gasteiger partial charge in [-0.1, -0.05) is 56.6 Å². The number of likely N-dealkylation sites (tertiary alicyclic amines) is 1. The van der Waals surface area contributed by atoms with E-state index in [0.717, 1.165) is 36.1 Å². The van der Waals surface area contributed by atoms with Gasteiger partial charge in [0.1, 0.15) is 36.0 Å². The molecule has 2 aliphatic heterocycles. The number of carbonyl (C=O) groups is 4. The van der Waals surface area contributed by atoms with E-state index < -0.39 is 28.9 Å². The van der Waals surface area contributed by atoms with Crippen LogP contribution >= 0.6 is 23.8 Å². The van der Waals surface area contributed by atoms with Crippen LogP contribution in [0, 0.1) is 16.7 Å². The summed E-state index contributed by atoms with van der Waals surface area (Å²) in [6.45, 7) is 11.8. The summed E-state index contributed by atoms with van der Waals surface area (Å²) < 4.78 is 22.7. The summed E-state index contributed by atoms with van der Waals surface area (Å²) in [5, 5.41) is 15.7. The van der Waals surface area contributed by atoms with E-state index in [1.54, 1.807) is 34.2 Å². The van der Waals surface area contributed by atoms with Gasteiger partial charge >= 0.3 is 0 Å². The predicted molar refractivity (Wildman–Crippen MR) is 255 cm³/mol. The van der Waals surface area contributed by atoms with Crippen molar-refractivity contribution in [3.63, 3.8) is 0 Å². The summed E-state index contributed by atoms with van der Waals surface area (Å²) in [6, 6.07) is 20.5. The normalized spacial score (nSPS) is 16.3. The summed E-state index contributed by atoms with van der Waals surface area (Å²) >= 11 is 12.0. The number of rotatable bonds is 21. The van der Waals surface area contributed by atoms with Gasteiger partial charge < -0.3 is 39.1 Å². The molecule has 4 aromatic rings. The molecule has 0 unspecified atom stereocenters. The molecule has 4 amide bonds. The van der Waals surface area contributed by atoms with Crippen LogP contribution in [0.15, 0.2) is 83.7 Å². The first-order valence-electron chi connectivity index (χ1n) is 22.2. The molecule has 0 radical (unpaired) electrons. The molecule has 6 rings (SSSR count). The third-order valence-electron chi connectivity index (χ3n) is 11.5. The van der Waals surface area contributed by atoms with Crippen molar-refractivity contribution in [2.45, 2.75) is 97.3 Å². The van der Waals surface area contributed by atoms with Crippen molar-refractivity contribution in [3.05, 3.63) is 95.5 Å². The molecule has 3 aromatic carbocycles. The number of hydrogen-bond donors (Lipinski definition) is 2. The maximum absolute atomic E-state index is 13.9. The van der Waals surface area contributed by atoms with Gasteiger partial charge in [0.15, 0.2) is 17.3 Å². The highest BCUT2D eigenvalue weighted by Crippen LogP contribution is 2.38. The van der Waals surface area contributed by atoms with E-state index in [2.05, 4.69) is 15.6 Å². The van der Waals surface area contributed by atoms with E-state index in [0.29, 0.717) is 86.7 Å². The molecule has 0 spiro atoms. The van der Waals surface area contributed by atoms with E-state index in [9.17, 15) is 24.4 Å². The number of carbonyl (C=O) groups excluding carboxylic acids is 4. The molecule has 0 aliphatic carbocycles. The molecule has 0 saturated carbocycles. The van der Waals surface area contributed by atoms with Crippen LogP contribution in [0.2, 0.25) is 5.02 Å². The van der Waals surface area contributed by atoms with Crippen LogP contribution in [0.3, 0.4) is 0 Å². The topological polar surface area (TPSA) is 180 Å². The van der Waals surface area contributed by atoms with Crippen molar-refractivity contribution >= 4 is 63.9 Å². The van der Waals surface area contributed by atoms with Crippen LogP contribution in [0.5, 0.6) is 5.75 Å². The number of benzene rings is 3. The third kappa shape index (κ3) is 12.3. The third-order valence-corrected chi connectivity index (χ3v) is 12.2. The fraction of sp³-hybridized carbons (Fsp3) is 0.449. The highest BCUT2D eigenvalue weighted by atomic mass is 35.5. The summed E-state index contributed by atoms with van der Waals surface area (Å²) in [5.74, 6) is 0.249. The molecule has 17 heteroatoms. The van der Waals surface area contributed by atoms with Crippen molar-refractivity contribution in [2.24, 2.45) is 5.41 Å². The first-order chi connectivity index (χ1) is 31.6. The molecule has 15 nitrogen and oxygen atoms in total. The molecule has 0 bridgehead atoms. The molecule has 2 saturated heterocycles. The zero-order valence-electron chi connectivity index (χ0n) is 38.1. The van der Waals surface area contributed by atoms with Gasteiger partial charge in [0.2, 0.25) is 17.7 Å². The SMILES string of the molecule is CC(C)(C)[C@H](NC(=O)COCCCOCCCCCOc1ccc(N2C(=S)N(c3ccc(C#N)c(Cl)c3)C(=O)C2(C)C)cc1)C(=O)N1CCC[C@H]1C(=O)NCc1ccc(-c2cnco2)cc1. The number of ether oxygens (including phenoxy) is 3. The van der Waals surface area contributed by atoms with Crippen LogP contribution in [-0.4, -0.2) is 95.8 Å². The average molecular weight is 941 g/mol. The van der Waals surface area contributed by atoms with E-state index in [1.165, 1.54) is 11.3 Å². The molecule has 2 atom stereocenters. The van der Waals surface area contributed by atoms with Crippen molar-refractivity contribution in [1.82, 2.24) is 20.5 Å². The van der Waals surface area contributed by atoms with Crippen LogP contribution in [-0.2, 0) is 35.2 Å². The van der Waals surface area contributed by atoms with Crippen molar-refractivity contribution in [2.75, 3.05) is 49.4 Å². The number of nitrogens with zero attached hydrogens (tertiary/aromatic N) is 5. The lowest BCUT2D eigenvalue weighted by molar-refractivity contribution is -0.144. The van der Waals surface area contributed by atoms with Crippen molar-refractivity contribution < 1.29 is 37.8 Å². The van der Waals surface area contributed by atoms with Gasteiger partial charge in [0.25, 0.3) is 5.91 Å². The van der Waals surface area contributed by atoms with Gasteiger partial charge in [-0.25, -0.2) is 4.98 Å². The quantitative estimate of drug-likeness (QED) is 0.0619. The maximum atomic E-state index is 13.9. The standard InChI is InChI=1S/C49H58ClN7O8S/c1-48(2,3)43(45(60)55-22-9-11-40(55)44(59)53-29-33-12-14-34(15-13-33)41-30-52-32-65-41)54-42(58)31-63-25-10-24-62-23-7-6-8-26-64-38-20-18-36(19-21-38)57-47(66)56(46(61)49(57,4)5)37-17-16-35(28-51)39(50)27-37/h12-21,27,30,32,40,43H,6-11,22-26,29,31H2,1-5H3,(H,53,59)(H,54,58)/t40-,43+/m0/s1. The lowest BCUT2D eigenvalue weighted by atomic mass is 9.85. The molecule has 2 aliphatic rings. The Morgan fingerprint density at radius 2 is 1.67 bits per heavy atom. The second-order valence-electron chi connectivity index (χ2n) is 17.9. The van der Waals surface area contributed by atoms with Crippen LogP contribution in [0.4, 0.5) is 11.4 Å². The van der Waals surface area contributed by atoms with Crippen LogP contribution < -0.4 is 25.2 Å². The summed E-state index contributed by atoms with van der Waals surface area (Å²) in [7, 11) is 0. The Bertz CT molecular complexity index is 2360. The summed E-state index contributed by atoms with van der Waals surface area (Å²) in [5.41, 5.74) is 1.80. The Morgan fingerprint density at radius 3 is 2.35 bits per heavy atom. The molecular formula is C49H58ClN7O8S. The Kier molecular flexibility index (Phi) is 16.9. The van der Waals surface area contributed by atoms with Crippen molar-refractivity contribution in [1.29, 1.82) is 5.26 Å². The second kappa shape index (κ2) is 22.6. The Labute approximate surface area is 396 Å².